The lowest BCUT2D eigenvalue weighted by Gasteiger charge is -2.16. The molecule has 0 saturated heterocycles. The van der Waals surface area contributed by atoms with Gasteiger partial charge in [0.25, 0.3) is 0 Å². The lowest BCUT2D eigenvalue weighted by Crippen LogP contribution is -2.29. The highest BCUT2D eigenvalue weighted by molar-refractivity contribution is 5.74. The average molecular weight is 176 g/mol. The summed E-state index contributed by atoms with van der Waals surface area (Å²) >= 11 is 0. The van der Waals surface area contributed by atoms with Crippen LogP contribution in [0.3, 0.4) is 0 Å². The first-order valence-corrected chi connectivity index (χ1v) is 3.77. The van der Waals surface area contributed by atoms with Crippen LogP contribution >= 0.6 is 0 Å². The lowest BCUT2D eigenvalue weighted by molar-refractivity contribution is -0.125. The van der Waals surface area contributed by atoms with Crippen LogP contribution in [0.5, 0.6) is 0 Å². The first-order valence-electron chi connectivity index (χ1n) is 3.77. The number of amides is 1. The van der Waals surface area contributed by atoms with Crippen LogP contribution in [0, 0.1) is 0 Å². The second kappa shape index (κ2) is 5.08. The molecular weight excluding hydrogens is 160 g/mol. The van der Waals surface area contributed by atoms with Gasteiger partial charge in [0.05, 0.1) is 5.60 Å². The highest BCUT2D eigenvalue weighted by Crippen LogP contribution is 2.04. The van der Waals surface area contributed by atoms with E-state index in [0.717, 1.165) is 0 Å². The number of nitrogens with two attached hydrogens (primary N) is 1. The molecule has 0 aromatic heterocycles. The van der Waals surface area contributed by atoms with Gasteiger partial charge in [-0.3, -0.25) is 9.63 Å². The van der Waals surface area contributed by atoms with E-state index in [9.17, 15) is 9.90 Å². The van der Waals surface area contributed by atoms with E-state index in [4.69, 9.17) is 5.73 Å². The van der Waals surface area contributed by atoms with Crippen molar-refractivity contribution >= 4 is 5.91 Å². The highest BCUT2D eigenvalue weighted by Gasteiger charge is 2.10. The Bertz CT molecular complexity index is 142. The van der Waals surface area contributed by atoms with Crippen molar-refractivity contribution in [3.05, 3.63) is 0 Å². The average Bonchev–Trinajstić information content (AvgIpc) is 1.83. The van der Waals surface area contributed by atoms with Crippen molar-refractivity contribution in [2.75, 3.05) is 13.2 Å². The van der Waals surface area contributed by atoms with Gasteiger partial charge in [0, 0.05) is 6.54 Å². The molecule has 0 aromatic carbocycles. The summed E-state index contributed by atoms with van der Waals surface area (Å²) in [6.45, 7) is 3.73. The van der Waals surface area contributed by atoms with Gasteiger partial charge in [-0.05, 0) is 20.3 Å². The van der Waals surface area contributed by atoms with E-state index in [1.165, 1.54) is 0 Å². The number of hydrogen-bond donors (Lipinski definition) is 3. The molecule has 0 rings (SSSR count). The van der Waals surface area contributed by atoms with Gasteiger partial charge < -0.3 is 10.8 Å². The van der Waals surface area contributed by atoms with Gasteiger partial charge in [0.1, 0.15) is 6.61 Å². The number of carbonyl (C=O) groups is 1. The Hall–Kier alpha value is -0.650. The van der Waals surface area contributed by atoms with Gasteiger partial charge in [-0.15, -0.1) is 0 Å². The van der Waals surface area contributed by atoms with Crippen LogP contribution in [0.15, 0.2) is 0 Å². The van der Waals surface area contributed by atoms with Gasteiger partial charge >= 0.3 is 0 Å². The second-order valence-electron chi connectivity index (χ2n) is 3.21. The first kappa shape index (κ1) is 11.4. The van der Waals surface area contributed by atoms with Crippen LogP contribution < -0.4 is 11.2 Å². The maximum atomic E-state index is 10.2. The summed E-state index contributed by atoms with van der Waals surface area (Å²) in [6, 6.07) is 0. The van der Waals surface area contributed by atoms with Crippen LogP contribution in [0.1, 0.15) is 20.3 Å². The molecule has 0 saturated carbocycles. The summed E-state index contributed by atoms with van der Waals surface area (Å²) in [5, 5.41) is 9.24. The minimum atomic E-state index is -0.719. The number of carbonyl (C=O) groups excluding carboxylic acids is 1. The van der Waals surface area contributed by atoms with Crippen LogP contribution in [0.2, 0.25) is 0 Å². The second-order valence-corrected chi connectivity index (χ2v) is 3.21. The summed E-state index contributed by atoms with van der Waals surface area (Å²) in [5.74, 6) is -0.522. The van der Waals surface area contributed by atoms with E-state index in [-0.39, 0.29) is 6.61 Å². The van der Waals surface area contributed by atoms with Gasteiger partial charge in [-0.1, -0.05) is 0 Å². The molecule has 0 bridgehead atoms. The van der Waals surface area contributed by atoms with Crippen molar-refractivity contribution in [3.63, 3.8) is 0 Å². The summed E-state index contributed by atoms with van der Waals surface area (Å²) in [6.07, 6.45) is 0.547. The van der Waals surface area contributed by atoms with E-state index in [1.807, 2.05) is 0 Å². The number of hydroxylamine groups is 1. The zero-order chi connectivity index (χ0) is 9.61. The Labute approximate surface area is 71.8 Å². The number of aliphatic hydroxyl groups is 1. The Kier molecular flexibility index (Phi) is 4.80. The maximum Gasteiger partial charge on any atom is 0.245 e. The summed E-state index contributed by atoms with van der Waals surface area (Å²) in [5.41, 5.74) is 6.60. The first-order chi connectivity index (χ1) is 5.42. The molecule has 0 aliphatic carbocycles. The van der Waals surface area contributed by atoms with Crippen LogP contribution in [0.4, 0.5) is 0 Å². The molecule has 0 heterocycles. The SMILES string of the molecule is CC(C)(O)CCNOCC(N)=O. The summed E-state index contributed by atoms with van der Waals surface area (Å²) in [7, 11) is 0. The molecule has 0 spiro atoms. The lowest BCUT2D eigenvalue weighted by atomic mass is 10.1. The number of hydrogen-bond acceptors (Lipinski definition) is 4. The monoisotopic (exact) mass is 176 g/mol. The van der Waals surface area contributed by atoms with E-state index in [1.54, 1.807) is 13.8 Å². The van der Waals surface area contributed by atoms with E-state index >= 15 is 0 Å². The molecule has 72 valence electrons. The predicted octanol–water partition coefficient (Wildman–Crippen LogP) is -0.846. The number of rotatable bonds is 6. The molecule has 0 unspecified atom stereocenters. The molecule has 0 atom stereocenters. The number of nitrogens with one attached hydrogen (secondary N) is 1. The molecule has 0 aliphatic heterocycles. The standard InChI is InChI=1S/C7H16N2O3/c1-7(2,11)3-4-9-12-5-6(8)10/h9,11H,3-5H2,1-2H3,(H2,8,10). The summed E-state index contributed by atoms with van der Waals surface area (Å²) < 4.78 is 0. The van der Waals surface area contributed by atoms with Crippen molar-refractivity contribution in [2.45, 2.75) is 25.9 Å². The fourth-order valence-corrected chi connectivity index (χ4v) is 0.551. The van der Waals surface area contributed by atoms with E-state index in [2.05, 4.69) is 10.3 Å². The minimum Gasteiger partial charge on any atom is -0.390 e. The van der Waals surface area contributed by atoms with Gasteiger partial charge in [-0.2, -0.15) is 0 Å². The van der Waals surface area contributed by atoms with Crippen molar-refractivity contribution in [1.82, 2.24) is 5.48 Å². The van der Waals surface area contributed by atoms with E-state index in [0.29, 0.717) is 13.0 Å². The molecule has 0 radical (unpaired) electrons. The fourth-order valence-electron chi connectivity index (χ4n) is 0.551. The zero-order valence-electron chi connectivity index (χ0n) is 7.46. The smallest absolute Gasteiger partial charge is 0.245 e. The van der Waals surface area contributed by atoms with Crippen molar-refractivity contribution in [1.29, 1.82) is 0 Å². The third kappa shape index (κ3) is 9.35. The van der Waals surface area contributed by atoms with Crippen molar-refractivity contribution < 1.29 is 14.7 Å². The minimum absolute atomic E-state index is 0.147. The van der Waals surface area contributed by atoms with Crippen LogP contribution in [-0.4, -0.2) is 29.8 Å². The maximum absolute atomic E-state index is 10.2. The molecule has 4 N–H and O–H groups in total. The molecule has 1 amide bonds. The zero-order valence-corrected chi connectivity index (χ0v) is 7.46. The molecular formula is C7H16N2O3. The molecule has 0 aliphatic rings. The van der Waals surface area contributed by atoms with Gasteiger partial charge in [-0.25, -0.2) is 5.48 Å². The van der Waals surface area contributed by atoms with E-state index < -0.39 is 11.5 Å². The Morgan fingerprint density at radius 3 is 2.67 bits per heavy atom. The largest absolute Gasteiger partial charge is 0.390 e. The molecule has 0 aromatic rings. The highest BCUT2D eigenvalue weighted by atomic mass is 16.6. The Morgan fingerprint density at radius 2 is 2.25 bits per heavy atom. The topological polar surface area (TPSA) is 84.6 Å². The molecule has 5 nitrogen and oxygen atoms in total. The third-order valence-corrected chi connectivity index (χ3v) is 1.16. The molecule has 12 heavy (non-hydrogen) atoms. The summed E-state index contributed by atoms with van der Waals surface area (Å²) in [4.78, 5) is 14.8. The van der Waals surface area contributed by atoms with Gasteiger partial charge in [0.2, 0.25) is 5.91 Å². The van der Waals surface area contributed by atoms with Crippen molar-refractivity contribution in [2.24, 2.45) is 5.73 Å². The third-order valence-electron chi connectivity index (χ3n) is 1.16. The Balaban J connectivity index is 3.17. The Morgan fingerprint density at radius 1 is 1.67 bits per heavy atom. The quantitative estimate of drug-likeness (QED) is 0.363. The fraction of sp³-hybridized carbons (Fsp3) is 0.857. The molecule has 0 fully saturated rings. The predicted molar refractivity (Wildman–Crippen MR) is 44.1 cm³/mol. The van der Waals surface area contributed by atoms with Crippen LogP contribution in [0.25, 0.3) is 0 Å². The van der Waals surface area contributed by atoms with Crippen molar-refractivity contribution in [3.8, 4) is 0 Å². The van der Waals surface area contributed by atoms with Crippen LogP contribution in [-0.2, 0) is 9.63 Å². The molecule has 5 heteroatoms. The normalized spacial score (nSPS) is 11.6. The number of primary amides is 1. The van der Waals surface area contributed by atoms with Gasteiger partial charge in [0.15, 0.2) is 0 Å².